The minimum Gasteiger partial charge on any atom is -0.477 e. The molecule has 4 rings (SSSR count). The zero-order chi connectivity index (χ0) is 17.6. The summed E-state index contributed by atoms with van der Waals surface area (Å²) >= 11 is 7.42. The van der Waals surface area contributed by atoms with Gasteiger partial charge < -0.3 is 5.11 Å². The SMILES string of the molecule is C[n+]1c(O)c(-c2ccccc2)c(=O)n2c1SCC2c1ccc(Cl)nc1. The lowest BCUT2D eigenvalue weighted by Crippen LogP contribution is -2.41. The van der Waals surface area contributed by atoms with Gasteiger partial charge >= 0.3 is 10.7 Å². The number of halogens is 1. The molecule has 25 heavy (non-hydrogen) atoms. The number of hydrogen-bond acceptors (Lipinski definition) is 4. The molecule has 0 aliphatic carbocycles. The van der Waals surface area contributed by atoms with Crippen LogP contribution in [0.1, 0.15) is 11.6 Å². The molecule has 7 heteroatoms. The highest BCUT2D eigenvalue weighted by molar-refractivity contribution is 7.99. The lowest BCUT2D eigenvalue weighted by Gasteiger charge is -2.12. The first-order valence-corrected chi connectivity index (χ1v) is 9.11. The fourth-order valence-corrected chi connectivity index (χ4v) is 4.47. The highest BCUT2D eigenvalue weighted by Crippen LogP contribution is 2.36. The molecule has 0 radical (unpaired) electrons. The summed E-state index contributed by atoms with van der Waals surface area (Å²) in [6, 6.07) is 12.7. The van der Waals surface area contributed by atoms with Crippen LogP contribution in [0.4, 0.5) is 0 Å². The number of rotatable bonds is 2. The number of thioether (sulfide) groups is 1. The van der Waals surface area contributed by atoms with E-state index >= 15 is 0 Å². The molecule has 0 saturated carbocycles. The summed E-state index contributed by atoms with van der Waals surface area (Å²) < 4.78 is 3.40. The predicted molar refractivity (Wildman–Crippen MR) is 97.1 cm³/mol. The van der Waals surface area contributed by atoms with Crippen molar-refractivity contribution >= 4 is 23.4 Å². The summed E-state index contributed by atoms with van der Waals surface area (Å²) in [6.07, 6.45) is 1.70. The Balaban J connectivity index is 1.95. The van der Waals surface area contributed by atoms with Crippen molar-refractivity contribution in [1.29, 1.82) is 0 Å². The van der Waals surface area contributed by atoms with Crippen molar-refractivity contribution < 1.29 is 9.67 Å². The molecule has 0 amide bonds. The molecule has 1 aromatic carbocycles. The molecule has 0 saturated heterocycles. The fourth-order valence-electron chi connectivity index (χ4n) is 3.08. The zero-order valence-electron chi connectivity index (χ0n) is 13.4. The van der Waals surface area contributed by atoms with Gasteiger partial charge in [0.1, 0.15) is 11.2 Å². The Hall–Kier alpha value is -2.31. The summed E-state index contributed by atoms with van der Waals surface area (Å²) in [4.78, 5) is 17.3. The normalized spacial score (nSPS) is 16.0. The summed E-state index contributed by atoms with van der Waals surface area (Å²) in [5, 5.41) is 11.7. The summed E-state index contributed by atoms with van der Waals surface area (Å²) in [5.74, 6) is 0.675. The van der Waals surface area contributed by atoms with E-state index in [2.05, 4.69) is 4.98 Å². The van der Waals surface area contributed by atoms with E-state index in [1.807, 2.05) is 36.4 Å². The maximum atomic E-state index is 13.2. The van der Waals surface area contributed by atoms with Crippen molar-refractivity contribution in [3.05, 3.63) is 69.7 Å². The minimum atomic E-state index is -0.207. The van der Waals surface area contributed by atoms with Crippen molar-refractivity contribution in [3.63, 3.8) is 0 Å². The molecular formula is C18H15ClN3O2S+. The van der Waals surface area contributed by atoms with Gasteiger partial charge in [0.15, 0.2) is 5.56 Å². The predicted octanol–water partition coefficient (Wildman–Crippen LogP) is 2.79. The van der Waals surface area contributed by atoms with Crippen molar-refractivity contribution in [2.75, 3.05) is 5.75 Å². The molecular weight excluding hydrogens is 358 g/mol. The molecule has 1 aliphatic rings. The molecule has 0 spiro atoms. The maximum Gasteiger partial charge on any atom is 0.350 e. The number of hydrogen-bond donors (Lipinski definition) is 1. The molecule has 2 aromatic heterocycles. The highest BCUT2D eigenvalue weighted by Gasteiger charge is 2.38. The number of aromatic hydroxyl groups is 1. The highest BCUT2D eigenvalue weighted by atomic mass is 35.5. The van der Waals surface area contributed by atoms with Gasteiger partial charge in [0, 0.05) is 11.8 Å². The summed E-state index contributed by atoms with van der Waals surface area (Å²) in [7, 11) is 1.77. The van der Waals surface area contributed by atoms with Gasteiger partial charge in [0.25, 0.3) is 5.88 Å². The Morgan fingerprint density at radius 1 is 1.28 bits per heavy atom. The van der Waals surface area contributed by atoms with Crippen LogP contribution in [0.15, 0.2) is 58.6 Å². The molecule has 1 atom stereocenters. The zero-order valence-corrected chi connectivity index (χ0v) is 15.0. The van der Waals surface area contributed by atoms with E-state index in [1.165, 1.54) is 11.8 Å². The van der Waals surface area contributed by atoms with Crippen molar-refractivity contribution in [2.24, 2.45) is 7.05 Å². The van der Waals surface area contributed by atoms with E-state index < -0.39 is 0 Å². The quantitative estimate of drug-likeness (QED) is 0.427. The topological polar surface area (TPSA) is 59.0 Å². The van der Waals surface area contributed by atoms with Gasteiger partial charge in [-0.05, 0) is 23.4 Å². The van der Waals surface area contributed by atoms with Crippen LogP contribution in [0.2, 0.25) is 5.15 Å². The molecule has 1 N–H and O–H groups in total. The van der Waals surface area contributed by atoms with Crippen LogP contribution in [-0.2, 0) is 7.05 Å². The second kappa shape index (κ2) is 6.20. The third-order valence-corrected chi connectivity index (χ3v) is 5.78. The molecule has 3 heterocycles. The Bertz CT molecular complexity index is 1000. The van der Waals surface area contributed by atoms with Gasteiger partial charge in [-0.1, -0.05) is 48.0 Å². The third-order valence-electron chi connectivity index (χ3n) is 4.35. The second-order valence-electron chi connectivity index (χ2n) is 5.82. The van der Waals surface area contributed by atoms with Gasteiger partial charge in [-0.3, -0.25) is 0 Å². The Kier molecular flexibility index (Phi) is 4.01. The van der Waals surface area contributed by atoms with E-state index in [1.54, 1.807) is 28.4 Å². The number of aromatic nitrogens is 3. The average molecular weight is 373 g/mol. The van der Waals surface area contributed by atoms with Crippen LogP contribution in [0.5, 0.6) is 5.88 Å². The van der Waals surface area contributed by atoms with E-state index in [-0.39, 0.29) is 17.5 Å². The fraction of sp³-hybridized carbons (Fsp3) is 0.167. The van der Waals surface area contributed by atoms with Crippen molar-refractivity contribution in [1.82, 2.24) is 9.55 Å². The summed E-state index contributed by atoms with van der Waals surface area (Å²) in [5.41, 5.74) is 1.71. The van der Waals surface area contributed by atoms with Crippen LogP contribution in [0.25, 0.3) is 11.1 Å². The monoisotopic (exact) mass is 372 g/mol. The van der Waals surface area contributed by atoms with Crippen molar-refractivity contribution in [3.8, 4) is 17.0 Å². The maximum absolute atomic E-state index is 13.2. The number of benzene rings is 1. The second-order valence-corrected chi connectivity index (χ2v) is 7.20. The van der Waals surface area contributed by atoms with Gasteiger partial charge in [0.2, 0.25) is 0 Å². The van der Waals surface area contributed by atoms with Crippen LogP contribution in [-0.4, -0.2) is 20.4 Å². The first kappa shape index (κ1) is 16.2. The smallest absolute Gasteiger partial charge is 0.350 e. The first-order valence-electron chi connectivity index (χ1n) is 7.75. The molecule has 3 aromatic rings. The average Bonchev–Trinajstić information content (AvgIpc) is 3.07. The van der Waals surface area contributed by atoms with Gasteiger partial charge in [-0.25, -0.2) is 9.78 Å². The molecule has 126 valence electrons. The molecule has 0 bridgehead atoms. The van der Waals surface area contributed by atoms with Gasteiger partial charge in [-0.15, -0.1) is 0 Å². The Morgan fingerprint density at radius 2 is 2.04 bits per heavy atom. The molecule has 5 nitrogen and oxygen atoms in total. The first-order chi connectivity index (χ1) is 12.1. The van der Waals surface area contributed by atoms with E-state index in [0.717, 1.165) is 10.7 Å². The van der Waals surface area contributed by atoms with E-state index in [0.29, 0.717) is 22.0 Å². The number of nitrogens with zero attached hydrogens (tertiary/aromatic N) is 3. The molecule has 1 aliphatic heterocycles. The van der Waals surface area contributed by atoms with Crippen LogP contribution in [0, 0.1) is 0 Å². The Morgan fingerprint density at radius 3 is 2.72 bits per heavy atom. The van der Waals surface area contributed by atoms with Crippen LogP contribution >= 0.6 is 23.4 Å². The van der Waals surface area contributed by atoms with Crippen molar-refractivity contribution in [2.45, 2.75) is 11.2 Å². The van der Waals surface area contributed by atoms with E-state index in [4.69, 9.17) is 11.6 Å². The lowest BCUT2D eigenvalue weighted by atomic mass is 10.1. The summed E-state index contributed by atoms with van der Waals surface area (Å²) in [6.45, 7) is 0. The third kappa shape index (κ3) is 2.62. The van der Waals surface area contributed by atoms with Gasteiger partial charge in [-0.2, -0.15) is 9.13 Å². The Labute approximate surface area is 153 Å². The molecule has 1 unspecified atom stereocenters. The number of fused-ring (bicyclic) bond motifs is 1. The largest absolute Gasteiger partial charge is 0.477 e. The number of pyridine rings is 1. The standard InChI is InChI=1S/C18H14ClN3O2S/c1-21-16(23)15(11-5-3-2-4-6-11)17(24)22-13(10-25-18(21)22)12-7-8-14(19)20-9-12/h2-9,13H,10H2,1H3/p+1. The van der Waals surface area contributed by atoms with E-state index in [9.17, 15) is 9.90 Å². The molecule has 0 fully saturated rings. The van der Waals surface area contributed by atoms with Crippen LogP contribution in [0.3, 0.4) is 0 Å². The minimum absolute atomic E-state index is 0.0233. The van der Waals surface area contributed by atoms with Crippen LogP contribution < -0.4 is 10.1 Å². The lowest BCUT2D eigenvalue weighted by molar-refractivity contribution is -0.720. The van der Waals surface area contributed by atoms with Gasteiger partial charge in [0.05, 0.1) is 12.8 Å².